The van der Waals surface area contributed by atoms with Crippen molar-refractivity contribution in [2.45, 2.75) is 13.0 Å². The zero-order valence-corrected chi connectivity index (χ0v) is 5.61. The largest absolute Gasteiger partial charge is 0.385 e. The predicted molar refractivity (Wildman–Crippen MR) is 38.1 cm³/mol. The highest BCUT2D eigenvalue weighted by Crippen LogP contribution is 1.90. The highest BCUT2D eigenvalue weighted by Gasteiger charge is 1.90. The summed E-state index contributed by atoms with van der Waals surface area (Å²) in [7, 11) is 0. The molecule has 0 saturated heterocycles. The van der Waals surface area contributed by atoms with Crippen LogP contribution in [0.25, 0.3) is 0 Å². The molecule has 0 aromatic carbocycles. The topological polar surface area (TPSA) is 12.0 Å². The minimum Gasteiger partial charge on any atom is -0.385 e. The van der Waals surface area contributed by atoms with Crippen LogP contribution in [0.5, 0.6) is 0 Å². The summed E-state index contributed by atoms with van der Waals surface area (Å²) in [6.45, 7) is 2.11. The number of hydrogen-bond donors (Lipinski definition) is 1. The van der Waals surface area contributed by atoms with Crippen molar-refractivity contribution in [3.05, 3.63) is 24.4 Å². The first-order chi connectivity index (χ1) is 3.39. The molecule has 1 unspecified atom stereocenters. The van der Waals surface area contributed by atoms with Gasteiger partial charge in [-0.2, -0.15) is 0 Å². The van der Waals surface area contributed by atoms with E-state index in [1.165, 1.54) is 0 Å². The molecule has 2 heteroatoms. The Morgan fingerprint density at radius 2 is 2.12 bits per heavy atom. The molecule has 0 aliphatic carbocycles. The Kier molecular flexibility index (Phi) is 3.37. The molecule has 1 nitrogen and oxygen atoms in total. The summed E-state index contributed by atoms with van der Waals surface area (Å²) in [5.41, 5.74) is 0. The van der Waals surface area contributed by atoms with Crippen molar-refractivity contribution in [1.29, 1.82) is 0 Å². The van der Waals surface area contributed by atoms with Crippen LogP contribution in [0, 0.1) is 0 Å². The molecule has 1 atom stereocenters. The van der Waals surface area contributed by atoms with E-state index in [0.29, 0.717) is 6.04 Å². The van der Waals surface area contributed by atoms with Crippen molar-refractivity contribution >= 4 is 12.4 Å². The van der Waals surface area contributed by atoms with E-state index in [9.17, 15) is 0 Å². The number of rotatable bonds is 0. The van der Waals surface area contributed by atoms with Gasteiger partial charge in [-0.25, -0.2) is 0 Å². The lowest BCUT2D eigenvalue weighted by Gasteiger charge is -2.07. The highest BCUT2D eigenvalue weighted by atomic mass is 35.5. The first kappa shape index (κ1) is 7.57. The Balaban J connectivity index is 0.000000490. The molecule has 1 heterocycles. The molecule has 0 spiro atoms. The van der Waals surface area contributed by atoms with Crippen LogP contribution in [0.2, 0.25) is 0 Å². The molecule has 1 aliphatic rings. The van der Waals surface area contributed by atoms with Crippen LogP contribution >= 0.6 is 12.4 Å². The van der Waals surface area contributed by atoms with Crippen LogP contribution in [0.3, 0.4) is 0 Å². The van der Waals surface area contributed by atoms with Crippen LogP contribution in [0.4, 0.5) is 0 Å². The summed E-state index contributed by atoms with van der Waals surface area (Å²) < 4.78 is 0. The Morgan fingerprint density at radius 3 is 2.38 bits per heavy atom. The van der Waals surface area contributed by atoms with Crippen molar-refractivity contribution in [1.82, 2.24) is 5.32 Å². The lowest BCUT2D eigenvalue weighted by molar-refractivity contribution is 0.761. The Bertz CT molecular complexity index is 107. The lowest BCUT2D eigenvalue weighted by Crippen LogP contribution is -2.18. The van der Waals surface area contributed by atoms with E-state index in [0.717, 1.165) is 0 Å². The van der Waals surface area contributed by atoms with Gasteiger partial charge in [0.15, 0.2) is 0 Å². The molecule has 0 fully saturated rings. The molecule has 0 amide bonds. The first-order valence-corrected chi connectivity index (χ1v) is 2.49. The van der Waals surface area contributed by atoms with Gasteiger partial charge >= 0.3 is 0 Å². The smallest absolute Gasteiger partial charge is 0.0413 e. The molecule has 1 rings (SSSR count). The number of halogens is 1. The number of nitrogens with one attached hydrogen (secondary N) is 1. The molecule has 0 aromatic rings. The summed E-state index contributed by atoms with van der Waals surface area (Å²) in [6.07, 6.45) is 8.09. The second kappa shape index (κ2) is 3.56. The fourth-order valence-electron chi connectivity index (χ4n) is 0.549. The summed E-state index contributed by atoms with van der Waals surface area (Å²) in [5, 5.41) is 3.11. The molecule has 1 N–H and O–H groups in total. The molecule has 0 bridgehead atoms. The van der Waals surface area contributed by atoms with Gasteiger partial charge in [0.2, 0.25) is 0 Å². The van der Waals surface area contributed by atoms with E-state index in [1.54, 1.807) is 0 Å². The van der Waals surface area contributed by atoms with E-state index in [1.807, 2.05) is 18.4 Å². The SMILES string of the molecule is CC1C=CC=CN1.Cl. The molecule has 1 aliphatic heterocycles. The van der Waals surface area contributed by atoms with Gasteiger partial charge in [0.25, 0.3) is 0 Å². The maximum Gasteiger partial charge on any atom is 0.0413 e. The van der Waals surface area contributed by atoms with Crippen LogP contribution < -0.4 is 5.32 Å². The van der Waals surface area contributed by atoms with E-state index < -0.39 is 0 Å². The third-order valence-corrected chi connectivity index (χ3v) is 0.966. The molecule has 8 heavy (non-hydrogen) atoms. The third-order valence-electron chi connectivity index (χ3n) is 0.966. The average molecular weight is 132 g/mol. The van der Waals surface area contributed by atoms with Crippen molar-refractivity contribution in [3.8, 4) is 0 Å². The van der Waals surface area contributed by atoms with Crippen LogP contribution in [0.15, 0.2) is 24.4 Å². The van der Waals surface area contributed by atoms with Crippen molar-refractivity contribution in [2.24, 2.45) is 0 Å². The summed E-state index contributed by atoms with van der Waals surface area (Å²) >= 11 is 0. The van der Waals surface area contributed by atoms with E-state index in [2.05, 4.69) is 18.3 Å². The van der Waals surface area contributed by atoms with Crippen LogP contribution in [-0.4, -0.2) is 6.04 Å². The van der Waals surface area contributed by atoms with Crippen molar-refractivity contribution < 1.29 is 0 Å². The predicted octanol–water partition coefficient (Wildman–Crippen LogP) is 1.47. The summed E-state index contributed by atoms with van der Waals surface area (Å²) in [4.78, 5) is 0. The number of dihydropyridines is 1. The number of allylic oxidation sites excluding steroid dienone is 2. The van der Waals surface area contributed by atoms with Gasteiger partial charge in [0, 0.05) is 6.04 Å². The van der Waals surface area contributed by atoms with E-state index >= 15 is 0 Å². The van der Waals surface area contributed by atoms with Gasteiger partial charge in [-0.1, -0.05) is 12.2 Å². The standard InChI is InChI=1S/C6H9N.ClH/c1-6-4-2-3-5-7-6;/h2-7H,1H3;1H. The molecule has 0 saturated carbocycles. The van der Waals surface area contributed by atoms with Gasteiger partial charge in [0.05, 0.1) is 0 Å². The minimum atomic E-state index is 0. The second-order valence-corrected chi connectivity index (χ2v) is 1.70. The lowest BCUT2D eigenvalue weighted by atomic mass is 10.2. The van der Waals surface area contributed by atoms with E-state index in [-0.39, 0.29) is 12.4 Å². The second-order valence-electron chi connectivity index (χ2n) is 1.70. The summed E-state index contributed by atoms with van der Waals surface area (Å²) in [5.74, 6) is 0. The Labute approximate surface area is 55.9 Å². The molecule has 0 aromatic heterocycles. The van der Waals surface area contributed by atoms with Gasteiger partial charge in [-0.15, -0.1) is 12.4 Å². The molecular formula is C6H10ClN. The summed E-state index contributed by atoms with van der Waals surface area (Å²) in [6, 6.07) is 0.519. The number of hydrogen-bond acceptors (Lipinski definition) is 1. The fraction of sp³-hybridized carbons (Fsp3) is 0.333. The van der Waals surface area contributed by atoms with Gasteiger partial charge in [-0.3, -0.25) is 0 Å². The quantitative estimate of drug-likeness (QED) is 0.525. The monoisotopic (exact) mass is 131 g/mol. The van der Waals surface area contributed by atoms with Crippen LogP contribution in [0.1, 0.15) is 6.92 Å². The Hall–Kier alpha value is -0.430. The van der Waals surface area contributed by atoms with E-state index in [4.69, 9.17) is 0 Å². The zero-order valence-electron chi connectivity index (χ0n) is 4.79. The van der Waals surface area contributed by atoms with Gasteiger partial charge in [-0.05, 0) is 19.2 Å². The minimum absolute atomic E-state index is 0. The molecule has 0 radical (unpaired) electrons. The maximum absolute atomic E-state index is 3.11. The molecular weight excluding hydrogens is 122 g/mol. The van der Waals surface area contributed by atoms with Crippen molar-refractivity contribution in [3.63, 3.8) is 0 Å². The van der Waals surface area contributed by atoms with Crippen LogP contribution in [-0.2, 0) is 0 Å². The van der Waals surface area contributed by atoms with Crippen molar-refractivity contribution in [2.75, 3.05) is 0 Å². The van der Waals surface area contributed by atoms with Gasteiger partial charge < -0.3 is 5.32 Å². The fourth-order valence-corrected chi connectivity index (χ4v) is 0.549. The third kappa shape index (κ3) is 2.03. The van der Waals surface area contributed by atoms with Gasteiger partial charge in [0.1, 0.15) is 0 Å². The maximum atomic E-state index is 3.11. The normalized spacial score (nSPS) is 23.9. The average Bonchev–Trinajstić information content (AvgIpc) is 1.69. The molecule has 46 valence electrons. The zero-order chi connectivity index (χ0) is 5.11. The Morgan fingerprint density at radius 1 is 1.38 bits per heavy atom. The first-order valence-electron chi connectivity index (χ1n) is 2.49. The highest BCUT2D eigenvalue weighted by molar-refractivity contribution is 5.85.